The fourth-order valence-corrected chi connectivity index (χ4v) is 2.88. The van der Waals surface area contributed by atoms with Gasteiger partial charge in [-0.15, -0.1) is 0 Å². The zero-order chi connectivity index (χ0) is 12.5. The summed E-state index contributed by atoms with van der Waals surface area (Å²) in [5.41, 5.74) is 11.4. The summed E-state index contributed by atoms with van der Waals surface area (Å²) in [7, 11) is 0. The van der Waals surface area contributed by atoms with E-state index >= 15 is 0 Å². The minimum absolute atomic E-state index is 0.211. The molecule has 3 rings (SSSR count). The highest BCUT2D eigenvalue weighted by atomic mass is 15.3. The van der Waals surface area contributed by atoms with Crippen molar-refractivity contribution >= 4 is 0 Å². The summed E-state index contributed by atoms with van der Waals surface area (Å²) >= 11 is 0. The predicted octanol–water partition coefficient (Wildman–Crippen LogP) is 2.91. The fourth-order valence-electron chi connectivity index (χ4n) is 2.88. The molecule has 0 bridgehead atoms. The first-order valence-corrected chi connectivity index (χ1v) is 6.70. The first-order valence-electron chi connectivity index (χ1n) is 6.70. The lowest BCUT2D eigenvalue weighted by Crippen LogP contribution is -2.05. The van der Waals surface area contributed by atoms with E-state index in [1.807, 2.05) is 6.20 Å². The van der Waals surface area contributed by atoms with Gasteiger partial charge >= 0.3 is 0 Å². The van der Waals surface area contributed by atoms with Crippen LogP contribution in [0.2, 0.25) is 0 Å². The number of hydrogen-bond donors (Lipinski definition) is 1. The van der Waals surface area contributed by atoms with Gasteiger partial charge < -0.3 is 5.73 Å². The molecular formula is C15H19N3. The molecule has 0 spiro atoms. The Morgan fingerprint density at radius 3 is 3.11 bits per heavy atom. The molecule has 0 aliphatic heterocycles. The van der Waals surface area contributed by atoms with Crippen molar-refractivity contribution in [1.29, 1.82) is 0 Å². The molecule has 2 N–H and O–H groups in total. The molecule has 3 heteroatoms. The highest BCUT2D eigenvalue weighted by Crippen LogP contribution is 2.36. The van der Waals surface area contributed by atoms with Crippen LogP contribution in [0.25, 0.3) is 11.3 Å². The van der Waals surface area contributed by atoms with Crippen LogP contribution in [0.15, 0.2) is 30.5 Å². The van der Waals surface area contributed by atoms with Gasteiger partial charge in [0.1, 0.15) is 0 Å². The average Bonchev–Trinajstić information content (AvgIpc) is 2.98. The van der Waals surface area contributed by atoms with E-state index < -0.39 is 0 Å². The van der Waals surface area contributed by atoms with E-state index in [0.717, 1.165) is 25.8 Å². The Balaban J connectivity index is 2.10. The molecule has 3 nitrogen and oxygen atoms in total. The number of aromatic nitrogens is 2. The van der Waals surface area contributed by atoms with Crippen LogP contribution in [0, 0.1) is 0 Å². The monoisotopic (exact) mass is 241 g/mol. The van der Waals surface area contributed by atoms with Gasteiger partial charge in [0.15, 0.2) is 0 Å². The van der Waals surface area contributed by atoms with Gasteiger partial charge in [-0.2, -0.15) is 5.10 Å². The smallest absolute Gasteiger partial charge is 0.0685 e. The Labute approximate surface area is 108 Å². The number of nitrogens with zero attached hydrogens (tertiary/aromatic N) is 2. The molecule has 1 atom stereocenters. The number of rotatable bonds is 3. The van der Waals surface area contributed by atoms with Crippen LogP contribution in [0.5, 0.6) is 0 Å². The fraction of sp³-hybridized carbons (Fsp3) is 0.400. The van der Waals surface area contributed by atoms with Crippen LogP contribution < -0.4 is 5.73 Å². The van der Waals surface area contributed by atoms with E-state index in [4.69, 9.17) is 5.73 Å². The van der Waals surface area contributed by atoms with Crippen LogP contribution in [0.3, 0.4) is 0 Å². The second kappa shape index (κ2) is 4.58. The number of fused-ring (bicyclic) bond motifs is 1. The quantitative estimate of drug-likeness (QED) is 0.898. The van der Waals surface area contributed by atoms with E-state index in [1.165, 1.54) is 22.4 Å². The second-order valence-corrected chi connectivity index (χ2v) is 4.96. The first-order chi connectivity index (χ1) is 8.81. The maximum Gasteiger partial charge on any atom is 0.0685 e. The Morgan fingerprint density at radius 2 is 2.28 bits per heavy atom. The van der Waals surface area contributed by atoms with Crippen LogP contribution in [0.1, 0.15) is 36.9 Å². The molecule has 1 heterocycles. The molecule has 94 valence electrons. The zero-order valence-electron chi connectivity index (χ0n) is 10.8. The van der Waals surface area contributed by atoms with E-state index in [2.05, 4.69) is 41.0 Å². The number of nitrogens with two attached hydrogens (primary N) is 1. The molecule has 1 unspecified atom stereocenters. The normalized spacial score (nSPS) is 18.0. The summed E-state index contributed by atoms with van der Waals surface area (Å²) in [5, 5.41) is 4.41. The van der Waals surface area contributed by atoms with Crippen LogP contribution in [-0.4, -0.2) is 9.78 Å². The molecule has 0 amide bonds. The maximum absolute atomic E-state index is 6.14. The third-order valence-corrected chi connectivity index (χ3v) is 3.74. The van der Waals surface area contributed by atoms with Crippen molar-refractivity contribution in [2.24, 2.45) is 5.73 Å². The predicted molar refractivity (Wildman–Crippen MR) is 73.2 cm³/mol. The first kappa shape index (κ1) is 11.5. The van der Waals surface area contributed by atoms with Crippen LogP contribution in [0.4, 0.5) is 0 Å². The van der Waals surface area contributed by atoms with Crippen LogP contribution in [-0.2, 0) is 13.0 Å². The Kier molecular flexibility index (Phi) is 2.92. The summed E-state index contributed by atoms with van der Waals surface area (Å²) in [6.45, 7) is 3.15. The molecular weight excluding hydrogens is 222 g/mol. The van der Waals surface area contributed by atoms with E-state index in [9.17, 15) is 0 Å². The van der Waals surface area contributed by atoms with Gasteiger partial charge in [0, 0.05) is 24.3 Å². The largest absolute Gasteiger partial charge is 0.324 e. The topological polar surface area (TPSA) is 43.8 Å². The lowest BCUT2D eigenvalue weighted by Gasteiger charge is -2.11. The molecule has 1 aromatic heterocycles. The molecule has 0 fully saturated rings. The molecule has 1 aliphatic rings. The van der Waals surface area contributed by atoms with Gasteiger partial charge in [-0.1, -0.05) is 25.1 Å². The maximum atomic E-state index is 6.14. The third kappa shape index (κ3) is 1.75. The summed E-state index contributed by atoms with van der Waals surface area (Å²) in [4.78, 5) is 0. The van der Waals surface area contributed by atoms with Gasteiger partial charge in [0.05, 0.1) is 5.69 Å². The third-order valence-electron chi connectivity index (χ3n) is 3.74. The summed E-state index contributed by atoms with van der Waals surface area (Å²) < 4.78 is 2.10. The van der Waals surface area contributed by atoms with Crippen molar-refractivity contribution in [3.63, 3.8) is 0 Å². The standard InChI is InChI=1S/C15H19N3/c1-2-10-18-15(8-9-17-18)13-5-3-4-12-11(13)6-7-14(12)16/h3-5,8-9,14H,2,6-7,10,16H2,1H3. The average molecular weight is 241 g/mol. The van der Waals surface area contributed by atoms with Crippen molar-refractivity contribution in [2.45, 2.75) is 38.8 Å². The lowest BCUT2D eigenvalue weighted by molar-refractivity contribution is 0.608. The SMILES string of the molecule is CCCn1nccc1-c1cccc2c1CCC2N. The molecule has 18 heavy (non-hydrogen) atoms. The summed E-state index contributed by atoms with van der Waals surface area (Å²) in [5.74, 6) is 0. The molecule has 0 radical (unpaired) electrons. The van der Waals surface area contributed by atoms with E-state index in [1.54, 1.807) is 0 Å². The van der Waals surface area contributed by atoms with Crippen LogP contribution >= 0.6 is 0 Å². The van der Waals surface area contributed by atoms with Crippen molar-refractivity contribution in [1.82, 2.24) is 9.78 Å². The van der Waals surface area contributed by atoms with Gasteiger partial charge in [-0.05, 0) is 36.5 Å². The number of benzene rings is 1. The van der Waals surface area contributed by atoms with E-state index in [0.29, 0.717) is 0 Å². The van der Waals surface area contributed by atoms with Gasteiger partial charge in [-0.3, -0.25) is 4.68 Å². The van der Waals surface area contributed by atoms with Gasteiger partial charge in [0.25, 0.3) is 0 Å². The van der Waals surface area contributed by atoms with Gasteiger partial charge in [-0.25, -0.2) is 0 Å². The van der Waals surface area contributed by atoms with E-state index in [-0.39, 0.29) is 6.04 Å². The summed E-state index contributed by atoms with van der Waals surface area (Å²) in [6, 6.07) is 8.79. The molecule has 1 aromatic carbocycles. The Hall–Kier alpha value is -1.61. The second-order valence-electron chi connectivity index (χ2n) is 4.96. The lowest BCUT2D eigenvalue weighted by atomic mass is 10.00. The Morgan fingerprint density at radius 1 is 1.39 bits per heavy atom. The van der Waals surface area contributed by atoms with Gasteiger partial charge in [0.2, 0.25) is 0 Å². The Bertz CT molecular complexity index is 557. The minimum atomic E-state index is 0.211. The van der Waals surface area contributed by atoms with Crippen molar-refractivity contribution in [2.75, 3.05) is 0 Å². The highest BCUT2D eigenvalue weighted by Gasteiger charge is 2.22. The number of hydrogen-bond acceptors (Lipinski definition) is 2. The zero-order valence-corrected chi connectivity index (χ0v) is 10.8. The van der Waals surface area contributed by atoms with Crippen molar-refractivity contribution in [3.8, 4) is 11.3 Å². The van der Waals surface area contributed by atoms with Crippen molar-refractivity contribution in [3.05, 3.63) is 41.6 Å². The molecule has 1 aliphatic carbocycles. The molecule has 0 saturated heterocycles. The summed E-state index contributed by atoms with van der Waals surface area (Å²) in [6.07, 6.45) is 5.14. The van der Waals surface area contributed by atoms with Crippen molar-refractivity contribution < 1.29 is 0 Å². The minimum Gasteiger partial charge on any atom is -0.324 e. The molecule has 2 aromatic rings. The molecule has 0 saturated carbocycles. The number of aryl methyl sites for hydroxylation is 1. The highest BCUT2D eigenvalue weighted by molar-refractivity contribution is 5.67.